The average molecular weight is 328 g/mol. The van der Waals surface area contributed by atoms with Crippen LogP contribution in [-0.2, 0) is 19.5 Å². The predicted molar refractivity (Wildman–Crippen MR) is 78.4 cm³/mol. The fraction of sp³-hybridized carbons (Fsp3) is 0.467. The maximum absolute atomic E-state index is 12.7. The molecule has 0 aliphatic carbocycles. The van der Waals surface area contributed by atoms with Gasteiger partial charge in [-0.05, 0) is 18.9 Å². The van der Waals surface area contributed by atoms with Crippen LogP contribution in [0.5, 0.6) is 0 Å². The second-order valence-electron chi connectivity index (χ2n) is 5.37. The first kappa shape index (κ1) is 17.4. The van der Waals surface area contributed by atoms with E-state index < -0.39 is 12.7 Å². The highest BCUT2D eigenvalue weighted by atomic mass is 19.4. The number of benzene rings is 1. The van der Waals surface area contributed by atoms with E-state index >= 15 is 0 Å². The summed E-state index contributed by atoms with van der Waals surface area (Å²) in [5, 5.41) is 3.65. The fourth-order valence-electron chi connectivity index (χ4n) is 2.15. The molecule has 1 aromatic carbocycles. The molecule has 0 fully saturated rings. The third kappa shape index (κ3) is 5.99. The Morgan fingerprint density at radius 1 is 1.22 bits per heavy atom. The lowest BCUT2D eigenvalue weighted by Gasteiger charge is -2.22. The van der Waals surface area contributed by atoms with Crippen molar-refractivity contribution in [2.24, 2.45) is 5.73 Å². The molecule has 2 rings (SSSR count). The van der Waals surface area contributed by atoms with E-state index in [1.54, 1.807) is 0 Å². The second-order valence-corrected chi connectivity index (χ2v) is 5.37. The highest BCUT2D eigenvalue weighted by Gasteiger charge is 2.31. The SMILES string of the molecule is Cc1ccc(CCN(Cc2noc(CN)n2)CC(F)(F)F)cc1. The Morgan fingerprint density at radius 2 is 1.91 bits per heavy atom. The molecule has 5 nitrogen and oxygen atoms in total. The van der Waals surface area contributed by atoms with E-state index in [4.69, 9.17) is 10.3 Å². The molecule has 0 bridgehead atoms. The zero-order chi connectivity index (χ0) is 16.9. The smallest absolute Gasteiger partial charge is 0.338 e. The molecular formula is C15H19F3N4O. The Bertz CT molecular complexity index is 610. The zero-order valence-corrected chi connectivity index (χ0v) is 12.8. The van der Waals surface area contributed by atoms with E-state index in [2.05, 4.69) is 10.1 Å². The number of hydrogen-bond donors (Lipinski definition) is 1. The summed E-state index contributed by atoms with van der Waals surface area (Å²) in [4.78, 5) is 5.21. The largest absolute Gasteiger partial charge is 0.401 e. The van der Waals surface area contributed by atoms with Gasteiger partial charge in [0.05, 0.1) is 19.6 Å². The summed E-state index contributed by atoms with van der Waals surface area (Å²) < 4.78 is 43.0. The van der Waals surface area contributed by atoms with Crippen LogP contribution >= 0.6 is 0 Å². The van der Waals surface area contributed by atoms with Crippen LogP contribution in [0.1, 0.15) is 22.8 Å². The van der Waals surface area contributed by atoms with E-state index in [1.807, 2.05) is 31.2 Å². The van der Waals surface area contributed by atoms with Crippen LogP contribution < -0.4 is 5.73 Å². The van der Waals surface area contributed by atoms with Gasteiger partial charge >= 0.3 is 6.18 Å². The molecule has 0 aliphatic heterocycles. The highest BCUT2D eigenvalue weighted by molar-refractivity contribution is 5.21. The summed E-state index contributed by atoms with van der Waals surface area (Å²) in [7, 11) is 0. The Balaban J connectivity index is 1.99. The van der Waals surface area contributed by atoms with E-state index in [0.29, 0.717) is 6.42 Å². The number of nitrogens with two attached hydrogens (primary N) is 1. The summed E-state index contributed by atoms with van der Waals surface area (Å²) in [6, 6.07) is 7.72. The summed E-state index contributed by atoms with van der Waals surface area (Å²) in [6.45, 7) is 1.22. The van der Waals surface area contributed by atoms with Crippen molar-refractivity contribution in [2.75, 3.05) is 13.1 Å². The van der Waals surface area contributed by atoms with E-state index in [1.165, 1.54) is 4.90 Å². The second kappa shape index (κ2) is 7.56. The molecule has 0 aliphatic rings. The summed E-state index contributed by atoms with van der Waals surface area (Å²) in [6.07, 6.45) is -3.77. The highest BCUT2D eigenvalue weighted by Crippen LogP contribution is 2.18. The minimum Gasteiger partial charge on any atom is -0.338 e. The minimum atomic E-state index is -4.28. The maximum atomic E-state index is 12.7. The van der Waals surface area contributed by atoms with Crippen LogP contribution in [0.15, 0.2) is 28.8 Å². The monoisotopic (exact) mass is 328 g/mol. The lowest BCUT2D eigenvalue weighted by Crippen LogP contribution is -2.35. The van der Waals surface area contributed by atoms with Crippen LogP contribution in [0.25, 0.3) is 0 Å². The number of aromatic nitrogens is 2. The van der Waals surface area contributed by atoms with Crippen LogP contribution in [0.2, 0.25) is 0 Å². The quantitative estimate of drug-likeness (QED) is 0.845. The zero-order valence-electron chi connectivity index (χ0n) is 12.8. The Kier molecular flexibility index (Phi) is 5.73. The first-order valence-electron chi connectivity index (χ1n) is 7.22. The predicted octanol–water partition coefficient (Wildman–Crippen LogP) is 2.44. The van der Waals surface area contributed by atoms with Gasteiger partial charge in [0, 0.05) is 6.54 Å². The molecule has 1 heterocycles. The van der Waals surface area contributed by atoms with Crippen molar-refractivity contribution >= 4 is 0 Å². The Morgan fingerprint density at radius 3 is 2.48 bits per heavy atom. The molecule has 1 aromatic heterocycles. The molecule has 8 heteroatoms. The standard InChI is InChI=1S/C15H19F3N4O/c1-11-2-4-12(5-3-11)6-7-22(10-15(16,17)18)9-13-20-14(8-19)23-21-13/h2-5H,6-10,19H2,1H3. The van der Waals surface area contributed by atoms with Gasteiger partial charge < -0.3 is 10.3 Å². The average Bonchev–Trinajstić information content (AvgIpc) is 2.92. The van der Waals surface area contributed by atoms with Gasteiger partial charge in [-0.15, -0.1) is 0 Å². The van der Waals surface area contributed by atoms with Gasteiger partial charge in [-0.2, -0.15) is 18.2 Å². The third-order valence-electron chi connectivity index (χ3n) is 3.29. The molecule has 0 atom stereocenters. The maximum Gasteiger partial charge on any atom is 0.401 e. The van der Waals surface area contributed by atoms with Crippen LogP contribution in [0.4, 0.5) is 13.2 Å². The van der Waals surface area contributed by atoms with Crippen molar-refractivity contribution in [1.82, 2.24) is 15.0 Å². The molecule has 23 heavy (non-hydrogen) atoms. The summed E-state index contributed by atoms with van der Waals surface area (Å²) in [5.74, 6) is 0.420. The molecular weight excluding hydrogens is 309 g/mol. The lowest BCUT2D eigenvalue weighted by atomic mass is 10.1. The van der Waals surface area contributed by atoms with Gasteiger partial charge in [-0.25, -0.2) is 0 Å². The van der Waals surface area contributed by atoms with Gasteiger partial charge in [0.15, 0.2) is 5.82 Å². The summed E-state index contributed by atoms with van der Waals surface area (Å²) >= 11 is 0. The molecule has 0 amide bonds. The van der Waals surface area contributed by atoms with Gasteiger partial charge in [0.25, 0.3) is 0 Å². The van der Waals surface area contributed by atoms with Crippen molar-refractivity contribution in [3.63, 3.8) is 0 Å². The molecule has 0 spiro atoms. The topological polar surface area (TPSA) is 68.2 Å². The first-order chi connectivity index (χ1) is 10.9. The van der Waals surface area contributed by atoms with Crippen molar-refractivity contribution in [3.8, 4) is 0 Å². The molecule has 0 unspecified atom stereocenters. The molecule has 126 valence electrons. The van der Waals surface area contributed by atoms with Gasteiger partial charge in [-0.1, -0.05) is 35.0 Å². The number of aryl methyl sites for hydroxylation is 1. The van der Waals surface area contributed by atoms with Gasteiger partial charge in [0.2, 0.25) is 5.89 Å². The third-order valence-corrected chi connectivity index (χ3v) is 3.29. The minimum absolute atomic E-state index is 0.0329. The molecule has 0 saturated heterocycles. The molecule has 2 N–H and O–H groups in total. The van der Waals surface area contributed by atoms with Gasteiger partial charge in [-0.3, -0.25) is 4.90 Å². The Hall–Kier alpha value is -1.93. The molecule has 0 radical (unpaired) electrons. The van der Waals surface area contributed by atoms with Crippen molar-refractivity contribution in [2.45, 2.75) is 32.6 Å². The lowest BCUT2D eigenvalue weighted by molar-refractivity contribution is -0.147. The van der Waals surface area contributed by atoms with E-state index in [-0.39, 0.29) is 31.3 Å². The van der Waals surface area contributed by atoms with Crippen LogP contribution in [0.3, 0.4) is 0 Å². The summed E-state index contributed by atoms with van der Waals surface area (Å²) in [5.41, 5.74) is 7.45. The normalized spacial score (nSPS) is 12.1. The number of hydrogen-bond acceptors (Lipinski definition) is 5. The Labute approximate surface area is 132 Å². The number of halogens is 3. The number of nitrogens with zero attached hydrogens (tertiary/aromatic N) is 3. The van der Waals surface area contributed by atoms with Crippen molar-refractivity contribution in [3.05, 3.63) is 47.1 Å². The first-order valence-corrected chi connectivity index (χ1v) is 7.22. The van der Waals surface area contributed by atoms with Crippen molar-refractivity contribution in [1.29, 1.82) is 0 Å². The van der Waals surface area contributed by atoms with E-state index in [9.17, 15) is 13.2 Å². The number of rotatable bonds is 7. The van der Waals surface area contributed by atoms with Crippen LogP contribution in [0, 0.1) is 6.92 Å². The fourth-order valence-corrected chi connectivity index (χ4v) is 2.15. The number of alkyl halides is 3. The van der Waals surface area contributed by atoms with E-state index in [0.717, 1.165) is 11.1 Å². The van der Waals surface area contributed by atoms with Crippen molar-refractivity contribution < 1.29 is 17.7 Å². The van der Waals surface area contributed by atoms with Gasteiger partial charge in [0.1, 0.15) is 0 Å². The molecule has 2 aromatic rings. The molecule has 0 saturated carbocycles. The van der Waals surface area contributed by atoms with Crippen LogP contribution in [-0.4, -0.2) is 34.3 Å².